The maximum absolute atomic E-state index is 11.9. The second kappa shape index (κ2) is 2.90. The van der Waals surface area contributed by atoms with Crippen LogP contribution in [0.15, 0.2) is 0 Å². The van der Waals surface area contributed by atoms with Crippen LogP contribution in [0, 0.1) is 0 Å². The predicted molar refractivity (Wildman–Crippen MR) is 63.5 cm³/mol. The van der Waals surface area contributed by atoms with Gasteiger partial charge in [0, 0.05) is 0 Å². The van der Waals surface area contributed by atoms with Gasteiger partial charge in [-0.1, -0.05) is 0 Å². The van der Waals surface area contributed by atoms with Crippen LogP contribution in [0.2, 0.25) is 15.1 Å². The van der Waals surface area contributed by atoms with Gasteiger partial charge in [0.05, 0.1) is 0 Å². The van der Waals surface area contributed by atoms with E-state index in [1.807, 2.05) is 0 Å². The molecule has 0 saturated carbocycles. The molecule has 0 aliphatic rings. The molecule has 8 heteroatoms. The molecule has 0 unspecified atom stereocenters. The molecule has 20 heavy (non-hydrogen) atoms. The minimum atomic E-state index is -8.45. The van der Waals surface area contributed by atoms with Gasteiger partial charge in [-0.25, -0.2) is 0 Å². The Kier molecular flexibility index (Phi) is 2.68. The quantitative estimate of drug-likeness (QED) is 0.691. The van der Waals surface area contributed by atoms with Gasteiger partial charge in [-0.2, -0.15) is 0 Å². The molecule has 0 aliphatic heterocycles. The molecule has 0 aromatic rings. The van der Waals surface area contributed by atoms with Crippen LogP contribution in [0.1, 0.15) is 20.8 Å². The predicted octanol–water partition coefficient (Wildman–Crippen LogP) is 0.288. The van der Waals surface area contributed by atoms with Gasteiger partial charge in [0.25, 0.3) is 0 Å². The normalized spacial score (nSPS) is 18.9. The van der Waals surface area contributed by atoms with Crippen molar-refractivity contribution in [3.8, 4) is 0 Å². The van der Waals surface area contributed by atoms with Crippen molar-refractivity contribution >= 4 is 28.9 Å². The second-order valence-electron chi connectivity index (χ2n) is 5.32. The van der Waals surface area contributed by atoms with Crippen LogP contribution >= 0.6 is 0 Å². The minimum absolute atomic E-state index is 0.555. The Bertz CT molecular complexity index is 1240. The Labute approximate surface area is 115 Å². The molecule has 0 atom stereocenters. The van der Waals surface area contributed by atoms with Crippen molar-refractivity contribution in [3.05, 3.63) is 0 Å². The molecule has 0 aliphatic carbocycles. The van der Waals surface area contributed by atoms with Gasteiger partial charge in [-0.3, -0.25) is 0 Å². The van der Waals surface area contributed by atoms with Crippen LogP contribution in [0.25, 0.3) is 0 Å². The molecule has 0 radical (unpaired) electrons. The van der Waals surface area contributed by atoms with Gasteiger partial charge < -0.3 is 0 Å². The van der Waals surface area contributed by atoms with Gasteiger partial charge in [0.15, 0.2) is 0 Å². The summed E-state index contributed by atoms with van der Waals surface area (Å²) in [6.07, 6.45) is 0. The van der Waals surface area contributed by atoms with E-state index in [9.17, 15) is 28.8 Å². The zero-order valence-corrected chi connectivity index (χ0v) is 13.1. The summed E-state index contributed by atoms with van der Waals surface area (Å²) < 4.78 is -2.21. The number of carbonyl (C=O) groups excluding carboxylic acids is 6. The summed E-state index contributed by atoms with van der Waals surface area (Å²) in [6.45, 7) is 2.98. The van der Waals surface area contributed by atoms with Crippen molar-refractivity contribution in [2.24, 2.45) is 0 Å². The number of rotatable bonds is 2. The third kappa shape index (κ3) is 0.820. The molecule has 0 aromatic carbocycles. The van der Waals surface area contributed by atoms with Crippen molar-refractivity contribution in [3.63, 3.8) is 0 Å². The third-order valence-electron chi connectivity index (χ3n) is 4.01. The Balaban J connectivity index is 11.2. The fraction of sp³-hybridized carbons (Fsp3) is 0.500. The van der Waals surface area contributed by atoms with Crippen molar-refractivity contribution < 1.29 is 50.3 Å². The van der Waals surface area contributed by atoms with E-state index in [2.05, 4.69) is 15.7 Å². The van der Waals surface area contributed by atoms with Crippen LogP contribution in [0.5, 0.6) is 0 Å². The average molecular weight is 371 g/mol. The monoisotopic (exact) mass is 371 g/mol. The molecule has 0 amide bonds. The van der Waals surface area contributed by atoms with E-state index in [0.29, 0.717) is 0 Å². The van der Waals surface area contributed by atoms with Gasteiger partial charge in [0.2, 0.25) is 0 Å². The van der Waals surface area contributed by atoms with Crippen LogP contribution in [-0.4, -0.2) is 28.9 Å². The molecular formula is C12H13Co2O6. The Hall–Kier alpha value is -1.51. The molecular weight excluding hydrogens is 358 g/mol. The van der Waals surface area contributed by atoms with Gasteiger partial charge in [-0.15, -0.1) is 0 Å². The molecule has 0 N–H and O–H groups in total. The second-order valence-corrected chi connectivity index (χ2v) is 17.2. The first-order chi connectivity index (χ1) is 8.88. The summed E-state index contributed by atoms with van der Waals surface area (Å²) in [7, 11) is 0. The van der Waals surface area contributed by atoms with Crippen molar-refractivity contribution in [2.45, 2.75) is 35.8 Å². The van der Waals surface area contributed by atoms with E-state index in [-0.39, 0.29) is 0 Å². The van der Waals surface area contributed by atoms with Crippen LogP contribution in [0.3, 0.4) is 0 Å². The standard InChI is InChI=1S/C4H9.C2H4.6CO.2Co/c1-4(2)3;7*1-2;;/h1-3H3;1-2H2;;;;;;;;. The first kappa shape index (κ1) is 18.5. The summed E-state index contributed by atoms with van der Waals surface area (Å²) in [5.74, 6) is -8.45. The van der Waals surface area contributed by atoms with Crippen molar-refractivity contribution in [1.82, 2.24) is 0 Å². The molecule has 0 heterocycles. The van der Waals surface area contributed by atoms with E-state index in [0.717, 1.165) is 49.7 Å². The van der Waals surface area contributed by atoms with E-state index in [4.69, 9.17) is 0 Å². The van der Waals surface area contributed by atoms with Crippen LogP contribution < -0.4 is 0 Å². The van der Waals surface area contributed by atoms with E-state index in [1.54, 1.807) is 0 Å². The Morgan fingerprint density at radius 3 is 1.05 bits per heavy atom. The summed E-state index contributed by atoms with van der Waals surface area (Å²) >= 11 is 3.80. The summed E-state index contributed by atoms with van der Waals surface area (Å²) in [6, 6.07) is 0. The topological polar surface area (TPSA) is 102 Å². The van der Waals surface area contributed by atoms with Crippen molar-refractivity contribution in [1.29, 1.82) is 0 Å². The molecule has 0 bridgehead atoms. The SMILES string of the molecule is C[C](C)(C)[Co](=[C]=O)(=[C]=O)(=[C]=O)(=[C]=O)(=[C]=O)(=[C]=O)[CH2][CH2][Co]. The molecule has 0 fully saturated rings. The molecule has 0 saturated heterocycles. The van der Waals surface area contributed by atoms with Crippen molar-refractivity contribution in [2.75, 3.05) is 0 Å². The van der Waals surface area contributed by atoms with Crippen LogP contribution in [-0.2, 0) is 50.3 Å². The first-order valence-corrected chi connectivity index (χ1v) is 9.98. The van der Waals surface area contributed by atoms with Crippen LogP contribution in [0.4, 0.5) is 0 Å². The first-order valence-electron chi connectivity index (χ1n) is 4.86. The average Bonchev–Trinajstić information content (AvgIpc) is 2.47. The number of hydrogen-bond acceptors (Lipinski definition) is 6. The van der Waals surface area contributed by atoms with Gasteiger partial charge >= 0.3 is 115 Å². The van der Waals surface area contributed by atoms with Gasteiger partial charge in [0.1, 0.15) is 0 Å². The van der Waals surface area contributed by atoms with E-state index < -0.39 is 20.9 Å². The zero-order chi connectivity index (χ0) is 16.5. The molecule has 115 valence electrons. The Morgan fingerprint density at radius 1 is 0.750 bits per heavy atom. The molecule has 0 rings (SSSR count). The fourth-order valence-electron chi connectivity index (χ4n) is 1.47. The van der Waals surface area contributed by atoms with Gasteiger partial charge in [-0.05, 0) is 0 Å². The van der Waals surface area contributed by atoms with E-state index >= 15 is 0 Å². The van der Waals surface area contributed by atoms with E-state index in [1.165, 1.54) is 0 Å². The third-order valence-corrected chi connectivity index (χ3v) is 17.2. The molecule has 0 spiro atoms. The Morgan fingerprint density at radius 2 is 1.00 bits per heavy atom. The summed E-state index contributed by atoms with van der Waals surface area (Å²) in [5, 5.41) is -1.77. The fourth-order valence-corrected chi connectivity index (χ4v) is 8.56. The zero-order valence-electron chi connectivity index (χ0n) is 11.0. The molecule has 0 aromatic heterocycles. The summed E-state index contributed by atoms with van der Waals surface area (Å²) in [5.41, 5.74) is 0. The summed E-state index contributed by atoms with van der Waals surface area (Å²) in [4.78, 5) is 76.6. The maximum atomic E-state index is 11.9. The molecule has 6 nitrogen and oxygen atoms in total. The number of hydrogen-bond donors (Lipinski definition) is 0.